The van der Waals surface area contributed by atoms with Gasteiger partial charge in [0.05, 0.1) is 48.2 Å². The number of furan rings is 1. The first-order chi connectivity index (χ1) is 11.3. The van der Waals surface area contributed by atoms with Gasteiger partial charge >= 0.3 is 0 Å². The van der Waals surface area contributed by atoms with Gasteiger partial charge in [-0.3, -0.25) is 0 Å². The van der Waals surface area contributed by atoms with E-state index in [4.69, 9.17) is 9.15 Å². The fourth-order valence-corrected chi connectivity index (χ4v) is 3.27. The molecule has 3 aromatic rings. The lowest BCUT2D eigenvalue weighted by molar-refractivity contribution is 0.00122. The summed E-state index contributed by atoms with van der Waals surface area (Å²) >= 11 is 1.67. The maximum absolute atomic E-state index is 5.93. The minimum absolute atomic E-state index is 0.0844. The van der Waals surface area contributed by atoms with Crippen molar-refractivity contribution in [2.75, 3.05) is 6.54 Å². The zero-order valence-corrected chi connectivity index (χ0v) is 13.5. The first-order valence-corrected chi connectivity index (χ1v) is 8.36. The Bertz CT molecular complexity index is 780. The third-order valence-electron chi connectivity index (χ3n) is 3.81. The number of ether oxygens (including phenoxy) is 1. The summed E-state index contributed by atoms with van der Waals surface area (Å²) < 4.78 is 13.0. The number of aryl methyl sites for hydroxylation is 1. The molecule has 0 radical (unpaired) electrons. The van der Waals surface area contributed by atoms with Crippen LogP contribution < -0.4 is 5.32 Å². The van der Waals surface area contributed by atoms with E-state index >= 15 is 0 Å². The maximum Gasteiger partial charge on any atom is 0.121 e. The number of aromatic nitrogens is 4. The molecule has 120 valence electrons. The highest BCUT2D eigenvalue weighted by atomic mass is 32.1. The van der Waals surface area contributed by atoms with Crippen molar-refractivity contribution in [3.8, 4) is 11.3 Å². The van der Waals surface area contributed by atoms with Gasteiger partial charge in [-0.1, -0.05) is 5.21 Å². The molecule has 1 N–H and O–H groups in total. The van der Waals surface area contributed by atoms with Gasteiger partial charge in [-0.05, 0) is 13.0 Å². The Morgan fingerprint density at radius 3 is 3.22 bits per heavy atom. The van der Waals surface area contributed by atoms with E-state index in [1.54, 1.807) is 23.9 Å². The molecule has 0 amide bonds. The second kappa shape index (κ2) is 6.23. The van der Waals surface area contributed by atoms with Crippen LogP contribution in [-0.2, 0) is 24.4 Å². The summed E-state index contributed by atoms with van der Waals surface area (Å²) in [5, 5.41) is 15.1. The Balaban J connectivity index is 1.36. The van der Waals surface area contributed by atoms with Gasteiger partial charge in [0.2, 0.25) is 0 Å². The van der Waals surface area contributed by atoms with Gasteiger partial charge < -0.3 is 14.5 Å². The molecular weight excluding hydrogens is 314 g/mol. The van der Waals surface area contributed by atoms with E-state index in [1.165, 1.54) is 0 Å². The molecule has 0 aromatic carbocycles. The molecule has 1 atom stereocenters. The van der Waals surface area contributed by atoms with Crippen molar-refractivity contribution in [2.24, 2.45) is 0 Å². The minimum atomic E-state index is 0.0844. The van der Waals surface area contributed by atoms with Gasteiger partial charge in [-0.2, -0.15) is 0 Å². The van der Waals surface area contributed by atoms with Crippen LogP contribution in [0, 0.1) is 6.92 Å². The first-order valence-electron chi connectivity index (χ1n) is 7.48. The molecule has 0 saturated carbocycles. The third kappa shape index (κ3) is 3.05. The summed E-state index contributed by atoms with van der Waals surface area (Å²) in [4.78, 5) is 4.44. The summed E-state index contributed by atoms with van der Waals surface area (Å²) in [5.41, 5.74) is 3.85. The van der Waals surface area contributed by atoms with Crippen molar-refractivity contribution >= 4 is 11.3 Å². The quantitative estimate of drug-likeness (QED) is 0.770. The summed E-state index contributed by atoms with van der Waals surface area (Å²) in [6, 6.07) is 1.88. The summed E-state index contributed by atoms with van der Waals surface area (Å²) in [5.74, 6) is 0. The van der Waals surface area contributed by atoms with Crippen LogP contribution in [-0.4, -0.2) is 32.6 Å². The van der Waals surface area contributed by atoms with Crippen molar-refractivity contribution in [1.29, 1.82) is 0 Å². The first kappa shape index (κ1) is 14.6. The van der Waals surface area contributed by atoms with Gasteiger partial charge in [0.15, 0.2) is 0 Å². The van der Waals surface area contributed by atoms with Crippen molar-refractivity contribution in [2.45, 2.75) is 32.7 Å². The fraction of sp³-hybridized carbons (Fsp3) is 0.400. The molecule has 0 spiro atoms. The zero-order chi connectivity index (χ0) is 15.6. The molecule has 0 unspecified atom stereocenters. The second-order valence-electron chi connectivity index (χ2n) is 5.50. The zero-order valence-electron chi connectivity index (χ0n) is 12.7. The molecule has 3 aromatic heterocycles. The van der Waals surface area contributed by atoms with E-state index in [0.29, 0.717) is 13.2 Å². The molecule has 7 nitrogen and oxygen atoms in total. The van der Waals surface area contributed by atoms with Gasteiger partial charge in [-0.25, -0.2) is 9.67 Å². The number of rotatable bonds is 5. The highest BCUT2D eigenvalue weighted by Gasteiger charge is 2.24. The van der Waals surface area contributed by atoms with Crippen LogP contribution in [0.5, 0.6) is 0 Å². The Kier molecular flexibility index (Phi) is 3.94. The average molecular weight is 331 g/mol. The Morgan fingerprint density at radius 1 is 1.48 bits per heavy atom. The lowest BCUT2D eigenvalue weighted by atomic mass is 10.2. The molecule has 0 aliphatic carbocycles. The molecule has 4 heterocycles. The normalized spacial score (nSPS) is 17.3. The van der Waals surface area contributed by atoms with E-state index in [9.17, 15) is 0 Å². The highest BCUT2D eigenvalue weighted by Crippen LogP contribution is 2.25. The largest absolute Gasteiger partial charge is 0.472 e. The Morgan fingerprint density at radius 2 is 2.43 bits per heavy atom. The number of thiazole rings is 1. The fourth-order valence-electron chi connectivity index (χ4n) is 2.66. The van der Waals surface area contributed by atoms with E-state index in [2.05, 4.69) is 26.0 Å². The Labute approximate surface area is 137 Å². The van der Waals surface area contributed by atoms with E-state index in [0.717, 1.165) is 40.7 Å². The maximum atomic E-state index is 5.93. The monoisotopic (exact) mass is 331 g/mol. The molecule has 23 heavy (non-hydrogen) atoms. The lowest BCUT2D eigenvalue weighted by Crippen LogP contribution is -2.36. The summed E-state index contributed by atoms with van der Waals surface area (Å²) in [6.07, 6.45) is 3.40. The molecule has 0 fully saturated rings. The van der Waals surface area contributed by atoms with Crippen molar-refractivity contribution in [3.63, 3.8) is 0 Å². The molecule has 1 aliphatic heterocycles. The van der Waals surface area contributed by atoms with Gasteiger partial charge in [0, 0.05) is 24.0 Å². The number of fused-ring (bicyclic) bond motifs is 1. The van der Waals surface area contributed by atoms with Crippen LogP contribution in [0.15, 0.2) is 28.4 Å². The van der Waals surface area contributed by atoms with E-state index in [1.807, 2.05) is 17.7 Å². The van der Waals surface area contributed by atoms with E-state index in [-0.39, 0.29) is 6.10 Å². The van der Waals surface area contributed by atoms with Crippen molar-refractivity contribution in [3.05, 3.63) is 40.4 Å². The van der Waals surface area contributed by atoms with Crippen molar-refractivity contribution < 1.29 is 9.15 Å². The van der Waals surface area contributed by atoms with Crippen LogP contribution in [0.1, 0.15) is 16.4 Å². The van der Waals surface area contributed by atoms with Crippen LogP contribution >= 0.6 is 11.3 Å². The van der Waals surface area contributed by atoms with Gasteiger partial charge in [0.25, 0.3) is 0 Å². The highest BCUT2D eigenvalue weighted by molar-refractivity contribution is 7.09. The molecule has 4 rings (SSSR count). The van der Waals surface area contributed by atoms with Crippen molar-refractivity contribution in [1.82, 2.24) is 25.3 Å². The van der Waals surface area contributed by atoms with Crippen LogP contribution in [0.25, 0.3) is 11.3 Å². The predicted molar refractivity (Wildman–Crippen MR) is 84.9 cm³/mol. The third-order valence-corrected chi connectivity index (χ3v) is 4.63. The number of hydrogen-bond donors (Lipinski definition) is 1. The molecule has 0 saturated heterocycles. The number of nitrogens with zero attached hydrogens (tertiary/aromatic N) is 4. The number of nitrogens with one attached hydrogen (secondary N) is 1. The lowest BCUT2D eigenvalue weighted by Gasteiger charge is -2.24. The minimum Gasteiger partial charge on any atom is -0.472 e. The molecule has 1 aliphatic rings. The smallest absolute Gasteiger partial charge is 0.121 e. The molecule has 0 bridgehead atoms. The topological polar surface area (TPSA) is 78.0 Å². The Hall–Kier alpha value is -2.03. The number of hydrogen-bond acceptors (Lipinski definition) is 7. The SMILES string of the molecule is Cc1nc(CNC[C@H]2Cn3nnc(-c4ccoc4)c3CO2)cs1. The van der Waals surface area contributed by atoms with Crippen LogP contribution in [0.4, 0.5) is 0 Å². The molecular formula is C15H17N5O2S. The van der Waals surface area contributed by atoms with Crippen LogP contribution in [0.2, 0.25) is 0 Å². The van der Waals surface area contributed by atoms with Gasteiger partial charge in [0.1, 0.15) is 5.69 Å². The van der Waals surface area contributed by atoms with E-state index < -0.39 is 0 Å². The summed E-state index contributed by atoms with van der Waals surface area (Å²) in [7, 11) is 0. The average Bonchev–Trinajstić information content (AvgIpc) is 3.27. The summed E-state index contributed by atoms with van der Waals surface area (Å²) in [6.45, 7) is 4.74. The van der Waals surface area contributed by atoms with Gasteiger partial charge in [-0.15, -0.1) is 16.4 Å². The van der Waals surface area contributed by atoms with Crippen LogP contribution in [0.3, 0.4) is 0 Å². The predicted octanol–water partition coefficient (Wildman–Crippen LogP) is 1.99. The molecule has 8 heteroatoms. The second-order valence-corrected chi connectivity index (χ2v) is 6.56. The standard InChI is InChI=1S/C15H17N5O2S/c1-10-17-12(9-23-10)4-16-5-13-6-20-14(8-22-13)15(18-19-20)11-2-3-21-7-11/h2-3,7,9,13,16H,4-6,8H2,1H3/t13-/m0/s1.